The van der Waals surface area contributed by atoms with Gasteiger partial charge in [0.2, 0.25) is 5.91 Å². The molecule has 1 aliphatic heterocycles. The maximum Gasteiger partial charge on any atom is 0.317 e. The number of rotatable bonds is 51. The molecule has 78 heavy (non-hydrogen) atoms. The van der Waals surface area contributed by atoms with Gasteiger partial charge >= 0.3 is 23.9 Å². The van der Waals surface area contributed by atoms with Gasteiger partial charge in [0, 0.05) is 78.4 Å². The molecule has 1 saturated heterocycles. The van der Waals surface area contributed by atoms with Crippen LogP contribution in [0.1, 0.15) is 232 Å². The molecule has 0 aromatic rings. The Morgan fingerprint density at radius 2 is 0.756 bits per heavy atom. The van der Waals surface area contributed by atoms with Crippen LogP contribution in [-0.2, 0) is 38.2 Å². The van der Waals surface area contributed by atoms with Gasteiger partial charge in [-0.3, -0.25) is 43.5 Å². The second kappa shape index (κ2) is 51.4. The Balaban J connectivity index is 2.50. The summed E-state index contributed by atoms with van der Waals surface area (Å²) < 4.78 is 11.0. The lowest BCUT2D eigenvalue weighted by atomic mass is 10.0. The summed E-state index contributed by atoms with van der Waals surface area (Å²) >= 11 is 0. The molecule has 1 rings (SSSR count). The van der Waals surface area contributed by atoms with Crippen molar-refractivity contribution < 1.29 is 53.6 Å². The summed E-state index contributed by atoms with van der Waals surface area (Å²) in [6.45, 7) is 11.5. The van der Waals surface area contributed by atoms with E-state index in [-0.39, 0.29) is 123 Å². The monoisotopic (exact) mass is 1110 g/mol. The maximum atomic E-state index is 13.5. The van der Waals surface area contributed by atoms with Gasteiger partial charge in [-0.1, -0.05) is 213 Å². The third kappa shape index (κ3) is 44.0. The van der Waals surface area contributed by atoms with Crippen molar-refractivity contribution in [3.05, 3.63) is 12.3 Å². The van der Waals surface area contributed by atoms with Crippen molar-refractivity contribution in [3.8, 4) is 0 Å². The normalized spacial score (nSPS) is 14.2. The smallest absolute Gasteiger partial charge is 0.317 e. The number of hydrogen-bond donors (Lipinski definition) is 4. The molecule has 17 heteroatoms. The average Bonchev–Trinajstić information content (AvgIpc) is 3.40. The van der Waals surface area contributed by atoms with Gasteiger partial charge in [-0.2, -0.15) is 0 Å². The first-order chi connectivity index (χ1) is 37.9. The summed E-state index contributed by atoms with van der Waals surface area (Å²) in [5.74, 6) is -4.03. The van der Waals surface area contributed by atoms with Crippen LogP contribution in [0.5, 0.6) is 0 Å². The third-order valence-electron chi connectivity index (χ3n) is 15.0. The SMILES string of the molecule is C=C(C(=O)NCCOCCOC(=O)CCC(=O)N(CCCCCCCCCCCCCCCCCC)CCCCCCCCCCCCCCCCCC)N1CCN(CC(=O)O)CCN(CC(=O)O)CCN(CC(=O)O)CC1. The van der Waals surface area contributed by atoms with Gasteiger partial charge < -0.3 is 39.9 Å². The second-order valence-electron chi connectivity index (χ2n) is 22.0. The number of carboxylic acid groups (broad SMARTS) is 3. The maximum absolute atomic E-state index is 13.5. The van der Waals surface area contributed by atoms with E-state index in [2.05, 4.69) is 25.7 Å². The molecule has 0 aliphatic carbocycles. The first kappa shape index (κ1) is 72.2. The van der Waals surface area contributed by atoms with Crippen molar-refractivity contribution in [2.45, 2.75) is 232 Å². The van der Waals surface area contributed by atoms with Crippen molar-refractivity contribution in [2.75, 3.05) is 111 Å². The van der Waals surface area contributed by atoms with Crippen LogP contribution in [0, 0.1) is 0 Å². The van der Waals surface area contributed by atoms with Crippen molar-refractivity contribution >= 4 is 35.7 Å². The molecule has 1 heterocycles. The molecule has 0 aromatic heterocycles. The molecule has 0 unspecified atom stereocenters. The van der Waals surface area contributed by atoms with E-state index in [4.69, 9.17) is 9.47 Å². The molecule has 0 saturated carbocycles. The highest BCUT2D eigenvalue weighted by Crippen LogP contribution is 2.17. The van der Waals surface area contributed by atoms with Crippen LogP contribution in [0.3, 0.4) is 0 Å². The van der Waals surface area contributed by atoms with Crippen LogP contribution in [0.15, 0.2) is 12.3 Å². The van der Waals surface area contributed by atoms with Crippen LogP contribution in [-0.4, -0.2) is 187 Å². The topological polar surface area (TPSA) is 210 Å². The molecule has 0 spiro atoms. The van der Waals surface area contributed by atoms with Crippen molar-refractivity contribution in [3.63, 3.8) is 0 Å². The van der Waals surface area contributed by atoms with Crippen molar-refractivity contribution in [1.29, 1.82) is 0 Å². The molecule has 0 radical (unpaired) electrons. The van der Waals surface area contributed by atoms with Gasteiger partial charge in [-0.05, 0) is 12.8 Å². The Labute approximate surface area is 473 Å². The number of carbonyl (C=O) groups excluding carboxylic acids is 3. The number of nitrogens with one attached hydrogen (secondary N) is 1. The zero-order valence-electron chi connectivity index (χ0n) is 49.6. The molecule has 2 amide bonds. The van der Waals surface area contributed by atoms with E-state index in [1.165, 1.54) is 180 Å². The summed E-state index contributed by atoms with van der Waals surface area (Å²) in [4.78, 5) is 82.9. The van der Waals surface area contributed by atoms with E-state index in [0.29, 0.717) is 0 Å². The van der Waals surface area contributed by atoms with Crippen LogP contribution in [0.4, 0.5) is 0 Å². The molecule has 454 valence electrons. The number of carbonyl (C=O) groups is 6. The molecule has 17 nitrogen and oxygen atoms in total. The molecule has 4 N–H and O–H groups in total. The molecule has 0 atom stereocenters. The van der Waals surface area contributed by atoms with Gasteiger partial charge in [0.1, 0.15) is 6.61 Å². The van der Waals surface area contributed by atoms with Gasteiger partial charge in [-0.15, -0.1) is 0 Å². The summed E-state index contributed by atoms with van der Waals surface area (Å²) in [6.07, 6.45) is 41.9. The van der Waals surface area contributed by atoms with Crippen LogP contribution < -0.4 is 5.32 Å². The molecular weight excluding hydrogens is 993 g/mol. The van der Waals surface area contributed by atoms with Crippen molar-refractivity contribution in [2.24, 2.45) is 0 Å². The number of hydrogen-bond acceptors (Lipinski definition) is 12. The zero-order chi connectivity index (χ0) is 57.1. The first-order valence-electron chi connectivity index (χ1n) is 31.4. The Bertz CT molecular complexity index is 1490. The lowest BCUT2D eigenvalue weighted by Crippen LogP contribution is -2.49. The average molecular weight is 1110 g/mol. The Morgan fingerprint density at radius 3 is 1.09 bits per heavy atom. The number of aliphatic carboxylic acids is 3. The number of carboxylic acids is 3. The van der Waals surface area contributed by atoms with Gasteiger partial charge in [-0.25, -0.2) is 0 Å². The summed E-state index contributed by atoms with van der Waals surface area (Å²) in [7, 11) is 0. The molecule has 1 aliphatic rings. The number of ether oxygens (including phenoxy) is 2. The fourth-order valence-electron chi connectivity index (χ4n) is 10.2. The molecular formula is C61H114N6O11. The van der Waals surface area contributed by atoms with Gasteiger partial charge in [0.05, 0.1) is 45.0 Å². The lowest BCUT2D eigenvalue weighted by Gasteiger charge is -2.34. The van der Waals surface area contributed by atoms with Crippen molar-refractivity contribution in [1.82, 2.24) is 29.8 Å². The standard InChI is InChI=1S/C61H114N6O11/c1-4-6-8-10-12-14-16-18-20-22-24-26-28-30-32-34-39-67(40-35-33-31-29-27-25-23-21-19-17-15-13-11-9-7-5-2)56(68)36-37-60(75)78-51-50-77-49-38-62-61(76)55(3)66-47-45-64(53-58(71)72)43-41-63(52-57(69)70)42-44-65(46-48-66)54-59(73)74/h3-54H2,1-2H3,(H,62,76)(H,69,70)(H,71,72)(H,73,74). The first-order valence-corrected chi connectivity index (χ1v) is 31.4. The highest BCUT2D eigenvalue weighted by Gasteiger charge is 2.23. The summed E-state index contributed by atoms with van der Waals surface area (Å²) in [5.41, 5.74) is 0.127. The Morgan fingerprint density at radius 1 is 0.436 bits per heavy atom. The van der Waals surface area contributed by atoms with Gasteiger partial charge in [0.15, 0.2) is 0 Å². The van der Waals surface area contributed by atoms with Crippen LogP contribution in [0.2, 0.25) is 0 Å². The number of unbranched alkanes of at least 4 members (excludes halogenated alkanes) is 30. The minimum absolute atomic E-state index is 0.00716. The van der Waals surface area contributed by atoms with E-state index in [1.807, 2.05) is 4.90 Å². The summed E-state index contributed by atoms with van der Waals surface area (Å²) in [6, 6.07) is 0. The van der Waals surface area contributed by atoms with Crippen LogP contribution in [0.25, 0.3) is 0 Å². The van der Waals surface area contributed by atoms with Crippen LogP contribution >= 0.6 is 0 Å². The fourth-order valence-corrected chi connectivity index (χ4v) is 10.2. The van der Waals surface area contributed by atoms with E-state index < -0.39 is 29.8 Å². The summed E-state index contributed by atoms with van der Waals surface area (Å²) in [5, 5.41) is 31.2. The highest BCUT2D eigenvalue weighted by molar-refractivity contribution is 5.92. The number of nitrogens with zero attached hydrogens (tertiary/aromatic N) is 5. The number of amides is 2. The Kier molecular flexibility index (Phi) is 47.5. The highest BCUT2D eigenvalue weighted by atomic mass is 16.6. The minimum Gasteiger partial charge on any atom is -0.480 e. The molecule has 1 fully saturated rings. The third-order valence-corrected chi connectivity index (χ3v) is 15.0. The molecule has 0 bridgehead atoms. The fraction of sp³-hybridized carbons (Fsp3) is 0.869. The lowest BCUT2D eigenvalue weighted by molar-refractivity contribution is -0.147. The quantitative estimate of drug-likeness (QED) is 0.0254. The largest absolute Gasteiger partial charge is 0.480 e. The number of esters is 1. The zero-order valence-corrected chi connectivity index (χ0v) is 49.6. The molecule has 0 aromatic carbocycles. The van der Waals surface area contributed by atoms with E-state index in [0.717, 1.165) is 38.8 Å². The predicted molar refractivity (Wildman–Crippen MR) is 313 cm³/mol. The Hall–Kier alpha value is -3.80. The van der Waals surface area contributed by atoms with E-state index in [1.54, 1.807) is 19.6 Å². The second-order valence-corrected chi connectivity index (χ2v) is 22.0. The van der Waals surface area contributed by atoms with Gasteiger partial charge in [0.25, 0.3) is 5.91 Å². The van der Waals surface area contributed by atoms with E-state index in [9.17, 15) is 44.1 Å². The predicted octanol–water partition coefficient (Wildman–Crippen LogP) is 10.8. The minimum atomic E-state index is -1.04. The van der Waals surface area contributed by atoms with E-state index >= 15 is 0 Å².